The van der Waals surface area contributed by atoms with Crippen molar-refractivity contribution in [1.82, 2.24) is 0 Å². The summed E-state index contributed by atoms with van der Waals surface area (Å²) >= 11 is 0. The Bertz CT molecular complexity index is 357. The molecule has 0 bridgehead atoms. The zero-order valence-electron chi connectivity index (χ0n) is 7.75. The van der Waals surface area contributed by atoms with E-state index in [0.29, 0.717) is 11.3 Å². The highest BCUT2D eigenvalue weighted by atomic mass is 19.4. The lowest BCUT2D eigenvalue weighted by molar-refractivity contribution is -0.274. The van der Waals surface area contributed by atoms with E-state index in [9.17, 15) is 13.2 Å². The molecule has 0 aromatic heterocycles. The smallest absolute Gasteiger partial charge is 0.411 e. The van der Waals surface area contributed by atoms with E-state index in [1.165, 1.54) is 19.1 Å². The highest BCUT2D eigenvalue weighted by Gasteiger charge is 2.30. The fraction of sp³-hybridized carbons (Fsp3) is 0.222. The van der Waals surface area contributed by atoms with Crippen LogP contribution < -0.4 is 4.74 Å². The van der Waals surface area contributed by atoms with Gasteiger partial charge in [0.05, 0.1) is 5.71 Å². The molecule has 3 nitrogen and oxygen atoms in total. The van der Waals surface area contributed by atoms with Crippen molar-refractivity contribution in [3.05, 3.63) is 29.8 Å². The van der Waals surface area contributed by atoms with Gasteiger partial charge in [0.15, 0.2) is 0 Å². The Morgan fingerprint density at radius 3 is 2.20 bits per heavy atom. The van der Waals surface area contributed by atoms with Gasteiger partial charge >= 0.3 is 6.36 Å². The number of alkyl halides is 3. The molecular formula is C9H8F3NO2. The zero-order chi connectivity index (χ0) is 11.5. The fourth-order valence-electron chi connectivity index (χ4n) is 0.956. The molecule has 0 amide bonds. The van der Waals surface area contributed by atoms with E-state index < -0.39 is 6.36 Å². The van der Waals surface area contributed by atoms with Gasteiger partial charge in [-0.2, -0.15) is 0 Å². The number of nitrogens with zero attached hydrogens (tertiary/aromatic N) is 1. The predicted octanol–water partition coefficient (Wildman–Crippen LogP) is 2.78. The van der Waals surface area contributed by atoms with Crippen LogP contribution in [-0.4, -0.2) is 17.3 Å². The topological polar surface area (TPSA) is 41.8 Å². The van der Waals surface area contributed by atoms with Gasteiger partial charge in [0, 0.05) is 0 Å². The molecule has 0 spiro atoms. The second kappa shape index (κ2) is 4.20. The van der Waals surface area contributed by atoms with E-state index in [4.69, 9.17) is 5.21 Å². The SMILES string of the molecule is C/C(=N\O)c1ccc(OC(F)(F)F)cc1. The van der Waals surface area contributed by atoms with Gasteiger partial charge in [-0.05, 0) is 36.8 Å². The molecule has 0 heterocycles. The van der Waals surface area contributed by atoms with Crippen molar-refractivity contribution in [2.75, 3.05) is 0 Å². The maximum absolute atomic E-state index is 11.8. The second-order valence-corrected chi connectivity index (χ2v) is 2.76. The van der Waals surface area contributed by atoms with Gasteiger partial charge in [-0.15, -0.1) is 13.2 Å². The minimum Gasteiger partial charge on any atom is -0.411 e. The third-order valence-corrected chi connectivity index (χ3v) is 1.66. The predicted molar refractivity (Wildman–Crippen MR) is 47.1 cm³/mol. The van der Waals surface area contributed by atoms with Crippen molar-refractivity contribution in [3.8, 4) is 5.75 Å². The number of halogens is 3. The van der Waals surface area contributed by atoms with Gasteiger partial charge < -0.3 is 9.94 Å². The van der Waals surface area contributed by atoms with E-state index in [1.807, 2.05) is 0 Å². The summed E-state index contributed by atoms with van der Waals surface area (Å²) in [4.78, 5) is 0. The molecule has 15 heavy (non-hydrogen) atoms. The Balaban J connectivity index is 2.82. The number of hydrogen-bond acceptors (Lipinski definition) is 3. The quantitative estimate of drug-likeness (QED) is 0.472. The van der Waals surface area contributed by atoms with E-state index >= 15 is 0 Å². The molecule has 6 heteroatoms. The molecule has 1 N–H and O–H groups in total. The van der Waals surface area contributed by atoms with Crippen LogP contribution in [0.1, 0.15) is 12.5 Å². The lowest BCUT2D eigenvalue weighted by Crippen LogP contribution is -2.17. The van der Waals surface area contributed by atoms with Crippen LogP contribution in [0, 0.1) is 0 Å². The average molecular weight is 219 g/mol. The van der Waals surface area contributed by atoms with Crippen LogP contribution in [0.5, 0.6) is 5.75 Å². The van der Waals surface area contributed by atoms with Gasteiger partial charge in [-0.1, -0.05) is 5.16 Å². The second-order valence-electron chi connectivity index (χ2n) is 2.76. The van der Waals surface area contributed by atoms with Crippen molar-refractivity contribution in [3.63, 3.8) is 0 Å². The summed E-state index contributed by atoms with van der Waals surface area (Å²) in [6.07, 6.45) is -4.69. The van der Waals surface area contributed by atoms with Crippen LogP contribution in [0.4, 0.5) is 13.2 Å². The van der Waals surface area contributed by atoms with Crippen LogP contribution in [-0.2, 0) is 0 Å². The van der Waals surface area contributed by atoms with Gasteiger partial charge in [0.2, 0.25) is 0 Å². The van der Waals surface area contributed by atoms with Gasteiger partial charge in [0.1, 0.15) is 5.75 Å². The monoisotopic (exact) mass is 219 g/mol. The Kier molecular flexibility index (Phi) is 3.18. The molecule has 0 saturated carbocycles. The Labute approximate surface area is 83.8 Å². The molecule has 82 valence electrons. The van der Waals surface area contributed by atoms with E-state index in [0.717, 1.165) is 12.1 Å². The maximum atomic E-state index is 11.8. The Morgan fingerprint density at radius 1 is 1.27 bits per heavy atom. The Hall–Kier alpha value is -1.72. The molecule has 0 atom stereocenters. The number of benzene rings is 1. The summed E-state index contributed by atoms with van der Waals surface area (Å²) < 4.78 is 39.0. The van der Waals surface area contributed by atoms with Crippen LogP contribution >= 0.6 is 0 Å². The molecule has 1 rings (SSSR count). The average Bonchev–Trinajstić information content (AvgIpc) is 2.15. The van der Waals surface area contributed by atoms with Crippen LogP contribution in [0.25, 0.3) is 0 Å². The minimum atomic E-state index is -4.69. The van der Waals surface area contributed by atoms with Crippen molar-refractivity contribution in [1.29, 1.82) is 0 Å². The summed E-state index contributed by atoms with van der Waals surface area (Å²) in [6, 6.07) is 5.04. The minimum absolute atomic E-state index is 0.308. The maximum Gasteiger partial charge on any atom is 0.573 e. The molecule has 0 aliphatic rings. The summed E-state index contributed by atoms with van der Waals surface area (Å²) in [7, 11) is 0. The lowest BCUT2D eigenvalue weighted by Gasteiger charge is -2.08. The normalized spacial score (nSPS) is 12.7. The summed E-state index contributed by atoms with van der Waals surface area (Å²) in [5.41, 5.74) is 0.834. The van der Waals surface area contributed by atoms with Crippen molar-refractivity contribution < 1.29 is 23.1 Å². The molecule has 1 aromatic rings. The van der Waals surface area contributed by atoms with E-state index in [-0.39, 0.29) is 5.75 Å². The van der Waals surface area contributed by atoms with Gasteiger partial charge in [0.25, 0.3) is 0 Å². The van der Waals surface area contributed by atoms with Gasteiger partial charge in [-0.3, -0.25) is 0 Å². The van der Waals surface area contributed by atoms with Crippen molar-refractivity contribution >= 4 is 5.71 Å². The first-order chi connectivity index (χ1) is 6.92. The standard InChI is InChI=1S/C9H8F3NO2/c1-6(13-14)7-2-4-8(5-3-7)15-9(10,11)12/h2-5,14H,1H3/b13-6+. The number of rotatable bonds is 2. The first-order valence-corrected chi connectivity index (χ1v) is 3.97. The summed E-state index contributed by atoms with van der Waals surface area (Å²) in [5, 5.41) is 11.3. The third-order valence-electron chi connectivity index (χ3n) is 1.66. The fourth-order valence-corrected chi connectivity index (χ4v) is 0.956. The first-order valence-electron chi connectivity index (χ1n) is 3.97. The molecule has 1 aromatic carbocycles. The first kappa shape index (κ1) is 11.4. The lowest BCUT2D eigenvalue weighted by atomic mass is 10.1. The van der Waals surface area contributed by atoms with E-state index in [2.05, 4.69) is 9.89 Å². The summed E-state index contributed by atoms with van der Waals surface area (Å²) in [6.45, 7) is 1.53. The number of oxime groups is 1. The van der Waals surface area contributed by atoms with Crippen molar-refractivity contribution in [2.45, 2.75) is 13.3 Å². The van der Waals surface area contributed by atoms with Crippen LogP contribution in [0.15, 0.2) is 29.4 Å². The number of hydrogen-bond donors (Lipinski definition) is 1. The molecule has 0 aliphatic carbocycles. The van der Waals surface area contributed by atoms with Gasteiger partial charge in [-0.25, -0.2) is 0 Å². The molecule has 0 unspecified atom stereocenters. The molecule has 0 radical (unpaired) electrons. The Morgan fingerprint density at radius 2 is 1.80 bits per heavy atom. The molecule has 0 aliphatic heterocycles. The number of ether oxygens (including phenoxy) is 1. The van der Waals surface area contributed by atoms with Crippen LogP contribution in [0.2, 0.25) is 0 Å². The van der Waals surface area contributed by atoms with Crippen molar-refractivity contribution in [2.24, 2.45) is 5.16 Å². The summed E-state index contributed by atoms with van der Waals surface area (Å²) in [5.74, 6) is -0.308. The molecular weight excluding hydrogens is 211 g/mol. The van der Waals surface area contributed by atoms with Crippen LogP contribution in [0.3, 0.4) is 0 Å². The highest BCUT2D eigenvalue weighted by molar-refractivity contribution is 5.98. The third kappa shape index (κ3) is 3.49. The molecule has 0 saturated heterocycles. The largest absolute Gasteiger partial charge is 0.573 e. The molecule has 0 fully saturated rings. The highest BCUT2D eigenvalue weighted by Crippen LogP contribution is 2.22. The zero-order valence-corrected chi connectivity index (χ0v) is 7.75. The van der Waals surface area contributed by atoms with E-state index in [1.54, 1.807) is 0 Å².